The maximum Gasteiger partial charge on any atom is 0.311 e. The van der Waals surface area contributed by atoms with Gasteiger partial charge in [-0.15, -0.1) is 0 Å². The molecule has 1 aromatic heterocycles. The molecule has 1 atom stereocenters. The molecule has 0 bridgehead atoms. The summed E-state index contributed by atoms with van der Waals surface area (Å²) in [5.41, 5.74) is 3.10. The molecule has 1 N–H and O–H groups in total. The van der Waals surface area contributed by atoms with E-state index in [1.54, 1.807) is 37.6 Å². The van der Waals surface area contributed by atoms with E-state index in [1.807, 2.05) is 25.1 Å². The monoisotopic (exact) mass is 367 g/mol. The van der Waals surface area contributed by atoms with Gasteiger partial charge in [-0.1, -0.05) is 18.2 Å². The third-order valence-corrected chi connectivity index (χ3v) is 4.16. The Labute approximate surface area is 157 Å². The van der Waals surface area contributed by atoms with Crippen molar-refractivity contribution in [2.45, 2.75) is 26.4 Å². The van der Waals surface area contributed by atoms with Gasteiger partial charge in [-0.05, 0) is 37.6 Å². The summed E-state index contributed by atoms with van der Waals surface area (Å²) in [5.74, 6) is -0.282. The molecule has 27 heavy (non-hydrogen) atoms. The minimum atomic E-state index is -0.927. The van der Waals surface area contributed by atoms with Gasteiger partial charge in [0.1, 0.15) is 11.3 Å². The summed E-state index contributed by atoms with van der Waals surface area (Å²) in [4.78, 5) is 24.5. The minimum Gasteiger partial charge on any atom is -0.497 e. The fraction of sp³-hybridized carbons (Fsp3) is 0.238. The van der Waals surface area contributed by atoms with Crippen LogP contribution in [0, 0.1) is 6.92 Å². The topological polar surface area (TPSA) is 77.8 Å². The number of benzene rings is 2. The normalized spacial score (nSPS) is 11.8. The summed E-state index contributed by atoms with van der Waals surface area (Å²) in [7, 11) is 1.55. The number of hydrogen-bond donors (Lipinski definition) is 1. The van der Waals surface area contributed by atoms with Gasteiger partial charge >= 0.3 is 5.97 Å². The van der Waals surface area contributed by atoms with Gasteiger partial charge in [0, 0.05) is 22.7 Å². The second-order valence-corrected chi connectivity index (χ2v) is 6.29. The SMILES string of the molecule is COc1cccc(NC(=O)[C@@H](C)OC(=O)Cc2coc3cc(C)ccc23)c1. The summed E-state index contributed by atoms with van der Waals surface area (Å²) in [5, 5.41) is 3.57. The second-order valence-electron chi connectivity index (χ2n) is 6.29. The molecule has 0 aliphatic heterocycles. The molecule has 0 spiro atoms. The summed E-state index contributed by atoms with van der Waals surface area (Å²) in [6.45, 7) is 3.50. The molecule has 6 nitrogen and oxygen atoms in total. The van der Waals surface area contributed by atoms with Crippen LogP contribution in [0.5, 0.6) is 5.75 Å². The van der Waals surface area contributed by atoms with E-state index in [0.29, 0.717) is 11.4 Å². The van der Waals surface area contributed by atoms with E-state index < -0.39 is 18.0 Å². The fourth-order valence-corrected chi connectivity index (χ4v) is 2.72. The Morgan fingerprint density at radius 1 is 1.19 bits per heavy atom. The molecule has 0 aliphatic carbocycles. The van der Waals surface area contributed by atoms with Crippen LogP contribution in [0.1, 0.15) is 18.1 Å². The van der Waals surface area contributed by atoms with Crippen LogP contribution in [0.4, 0.5) is 5.69 Å². The number of aryl methyl sites for hydroxylation is 1. The number of rotatable bonds is 6. The van der Waals surface area contributed by atoms with Crippen molar-refractivity contribution in [1.29, 1.82) is 0 Å². The smallest absolute Gasteiger partial charge is 0.311 e. The predicted molar refractivity (Wildman–Crippen MR) is 102 cm³/mol. The summed E-state index contributed by atoms with van der Waals surface area (Å²) >= 11 is 0. The van der Waals surface area contributed by atoms with Crippen LogP contribution in [0.15, 0.2) is 53.1 Å². The molecule has 0 unspecified atom stereocenters. The quantitative estimate of drug-likeness (QED) is 0.669. The summed E-state index contributed by atoms with van der Waals surface area (Å²) in [6, 6.07) is 12.7. The molecule has 0 fully saturated rings. The molecule has 3 rings (SSSR count). The van der Waals surface area contributed by atoms with Gasteiger partial charge < -0.3 is 19.2 Å². The van der Waals surface area contributed by atoms with Gasteiger partial charge in [0.2, 0.25) is 0 Å². The van der Waals surface area contributed by atoms with Crippen molar-refractivity contribution in [2.75, 3.05) is 12.4 Å². The first-order valence-corrected chi connectivity index (χ1v) is 8.57. The van der Waals surface area contributed by atoms with Crippen LogP contribution in [0.2, 0.25) is 0 Å². The Hall–Kier alpha value is -3.28. The maximum absolute atomic E-state index is 12.3. The molecule has 1 amide bonds. The van der Waals surface area contributed by atoms with Gasteiger partial charge in [-0.2, -0.15) is 0 Å². The van der Waals surface area contributed by atoms with E-state index in [0.717, 1.165) is 22.1 Å². The lowest BCUT2D eigenvalue weighted by Crippen LogP contribution is -2.30. The van der Waals surface area contributed by atoms with Crippen molar-refractivity contribution in [3.8, 4) is 5.75 Å². The van der Waals surface area contributed by atoms with E-state index in [2.05, 4.69) is 5.32 Å². The number of anilines is 1. The lowest BCUT2D eigenvalue weighted by atomic mass is 10.1. The average Bonchev–Trinajstić information content (AvgIpc) is 3.03. The molecular formula is C21H21NO5. The lowest BCUT2D eigenvalue weighted by Gasteiger charge is -2.14. The van der Waals surface area contributed by atoms with Crippen LogP contribution in [0.25, 0.3) is 11.0 Å². The van der Waals surface area contributed by atoms with E-state index in [-0.39, 0.29) is 6.42 Å². The van der Waals surface area contributed by atoms with Gasteiger partial charge in [0.05, 0.1) is 19.8 Å². The highest BCUT2D eigenvalue weighted by atomic mass is 16.5. The fourth-order valence-electron chi connectivity index (χ4n) is 2.72. The molecule has 3 aromatic rings. The van der Waals surface area contributed by atoms with E-state index >= 15 is 0 Å². The molecule has 0 saturated carbocycles. The highest BCUT2D eigenvalue weighted by Crippen LogP contribution is 2.23. The number of amides is 1. The summed E-state index contributed by atoms with van der Waals surface area (Å²) < 4.78 is 15.9. The van der Waals surface area contributed by atoms with Gasteiger partial charge in [-0.25, -0.2) is 0 Å². The number of esters is 1. The Kier molecular flexibility index (Phi) is 5.45. The number of ether oxygens (including phenoxy) is 2. The predicted octanol–water partition coefficient (Wildman–Crippen LogP) is 3.86. The maximum atomic E-state index is 12.3. The Balaban J connectivity index is 1.60. The van der Waals surface area contributed by atoms with Crippen molar-refractivity contribution in [2.24, 2.45) is 0 Å². The number of carbonyl (C=O) groups excluding carboxylic acids is 2. The van der Waals surface area contributed by atoms with Crippen molar-refractivity contribution in [3.05, 3.63) is 59.9 Å². The lowest BCUT2D eigenvalue weighted by molar-refractivity contribution is -0.152. The van der Waals surface area contributed by atoms with E-state index in [1.165, 1.54) is 6.92 Å². The number of fused-ring (bicyclic) bond motifs is 1. The zero-order valence-corrected chi connectivity index (χ0v) is 15.4. The van der Waals surface area contributed by atoms with Crippen molar-refractivity contribution in [1.82, 2.24) is 0 Å². The first-order valence-electron chi connectivity index (χ1n) is 8.57. The van der Waals surface area contributed by atoms with Crippen LogP contribution >= 0.6 is 0 Å². The van der Waals surface area contributed by atoms with E-state index in [4.69, 9.17) is 13.9 Å². The third-order valence-electron chi connectivity index (χ3n) is 4.16. The van der Waals surface area contributed by atoms with Gasteiger partial charge in [-0.3, -0.25) is 9.59 Å². The van der Waals surface area contributed by atoms with Crippen LogP contribution in [-0.2, 0) is 20.7 Å². The number of methoxy groups -OCH3 is 1. The molecule has 1 heterocycles. The van der Waals surface area contributed by atoms with Crippen molar-refractivity contribution < 1.29 is 23.5 Å². The zero-order valence-electron chi connectivity index (χ0n) is 15.4. The van der Waals surface area contributed by atoms with Crippen molar-refractivity contribution >= 4 is 28.5 Å². The number of hydrogen-bond acceptors (Lipinski definition) is 5. The second kappa shape index (κ2) is 7.95. The van der Waals surface area contributed by atoms with Gasteiger partial charge in [0.25, 0.3) is 5.91 Å². The zero-order chi connectivity index (χ0) is 19.4. The van der Waals surface area contributed by atoms with Crippen molar-refractivity contribution in [3.63, 3.8) is 0 Å². The first kappa shape index (κ1) is 18.5. The Morgan fingerprint density at radius 2 is 2.00 bits per heavy atom. The third kappa shape index (κ3) is 4.47. The molecular weight excluding hydrogens is 346 g/mol. The van der Waals surface area contributed by atoms with Crippen LogP contribution in [-0.4, -0.2) is 25.1 Å². The number of furan rings is 1. The molecule has 2 aromatic carbocycles. The number of nitrogens with one attached hydrogen (secondary N) is 1. The number of carbonyl (C=O) groups is 2. The summed E-state index contributed by atoms with van der Waals surface area (Å²) in [6.07, 6.45) is 0.656. The highest BCUT2D eigenvalue weighted by Gasteiger charge is 2.19. The Bertz CT molecular complexity index is 976. The van der Waals surface area contributed by atoms with Crippen LogP contribution in [0.3, 0.4) is 0 Å². The van der Waals surface area contributed by atoms with E-state index in [9.17, 15) is 9.59 Å². The minimum absolute atomic E-state index is 0.0346. The average molecular weight is 367 g/mol. The molecule has 0 saturated heterocycles. The van der Waals surface area contributed by atoms with Gasteiger partial charge in [0.15, 0.2) is 6.10 Å². The molecule has 0 radical (unpaired) electrons. The molecule has 6 heteroatoms. The standard InChI is InChI=1S/C21H21NO5/c1-13-7-8-18-15(12-26-19(18)9-13)10-20(23)27-14(2)21(24)22-16-5-4-6-17(11-16)25-3/h4-9,11-12,14H,10H2,1-3H3,(H,22,24)/t14-/m1/s1. The highest BCUT2D eigenvalue weighted by molar-refractivity contribution is 5.95. The Morgan fingerprint density at radius 3 is 2.78 bits per heavy atom. The molecule has 0 aliphatic rings. The first-order chi connectivity index (χ1) is 13.0. The largest absolute Gasteiger partial charge is 0.497 e. The molecule has 140 valence electrons. The van der Waals surface area contributed by atoms with Crippen LogP contribution < -0.4 is 10.1 Å².